The van der Waals surface area contributed by atoms with E-state index < -0.39 is 6.04 Å². The molecular weight excluding hydrogens is 406 g/mol. The molecule has 0 spiro atoms. The zero-order chi connectivity index (χ0) is 21.5. The van der Waals surface area contributed by atoms with E-state index in [0.717, 1.165) is 25.2 Å². The maximum absolute atomic E-state index is 13.4. The lowest BCUT2D eigenvalue weighted by Crippen LogP contribution is -2.55. The molecule has 1 aliphatic rings. The van der Waals surface area contributed by atoms with E-state index in [9.17, 15) is 9.59 Å². The van der Waals surface area contributed by atoms with E-state index in [1.54, 1.807) is 23.5 Å². The van der Waals surface area contributed by atoms with Crippen LogP contribution in [0.3, 0.4) is 0 Å². The van der Waals surface area contributed by atoms with Gasteiger partial charge in [0.25, 0.3) is 5.91 Å². The maximum Gasteiger partial charge on any atom is 0.251 e. The number of carbonyl (C=O) groups excluding carboxylic acids is 2. The lowest BCUT2D eigenvalue weighted by Gasteiger charge is -2.36. The largest absolute Gasteiger partial charge is 0.340 e. The van der Waals surface area contributed by atoms with Crippen molar-refractivity contribution in [3.63, 3.8) is 0 Å². The number of amides is 2. The summed E-state index contributed by atoms with van der Waals surface area (Å²) in [7, 11) is 0. The van der Waals surface area contributed by atoms with Gasteiger partial charge >= 0.3 is 0 Å². The molecular formula is C25H27N3O2S. The van der Waals surface area contributed by atoms with Crippen LogP contribution in [0.25, 0.3) is 0 Å². The van der Waals surface area contributed by atoms with Crippen molar-refractivity contribution in [3.05, 3.63) is 94.2 Å². The van der Waals surface area contributed by atoms with Crippen molar-refractivity contribution < 1.29 is 9.59 Å². The average molecular weight is 434 g/mol. The van der Waals surface area contributed by atoms with E-state index in [1.165, 1.54) is 5.56 Å². The number of piperazine rings is 1. The van der Waals surface area contributed by atoms with E-state index >= 15 is 0 Å². The van der Waals surface area contributed by atoms with Crippen LogP contribution in [0.2, 0.25) is 0 Å². The summed E-state index contributed by atoms with van der Waals surface area (Å²) >= 11 is 1.71. The van der Waals surface area contributed by atoms with Gasteiger partial charge in [-0.1, -0.05) is 48.5 Å². The van der Waals surface area contributed by atoms with E-state index in [4.69, 9.17) is 0 Å². The first kappa shape index (κ1) is 21.3. The second-order valence-corrected chi connectivity index (χ2v) is 8.59. The Morgan fingerprint density at radius 1 is 0.871 bits per heavy atom. The molecule has 1 N–H and O–H groups in total. The highest BCUT2D eigenvalue weighted by atomic mass is 32.1. The smallest absolute Gasteiger partial charge is 0.251 e. The van der Waals surface area contributed by atoms with Crippen LogP contribution in [0.1, 0.15) is 21.5 Å². The van der Waals surface area contributed by atoms with Crippen molar-refractivity contribution in [2.24, 2.45) is 0 Å². The number of nitrogens with zero attached hydrogens (tertiary/aromatic N) is 2. The molecule has 3 aromatic rings. The SMILES string of the molecule is O=C(N[C@@H](Cc1ccccc1)C(=O)N1CCN(Cc2ccsc2)CC1)c1ccccc1. The Kier molecular flexibility index (Phi) is 7.12. The van der Waals surface area contributed by atoms with Crippen LogP contribution in [-0.4, -0.2) is 53.8 Å². The Labute approximate surface area is 187 Å². The molecule has 2 heterocycles. The molecule has 160 valence electrons. The lowest BCUT2D eigenvalue weighted by molar-refractivity contribution is -0.135. The Morgan fingerprint density at radius 3 is 2.19 bits per heavy atom. The van der Waals surface area contributed by atoms with Crippen LogP contribution >= 0.6 is 11.3 Å². The van der Waals surface area contributed by atoms with Crippen LogP contribution in [0.5, 0.6) is 0 Å². The zero-order valence-corrected chi connectivity index (χ0v) is 18.3. The number of hydrogen-bond acceptors (Lipinski definition) is 4. The zero-order valence-electron chi connectivity index (χ0n) is 17.4. The molecule has 1 aliphatic heterocycles. The predicted octanol–water partition coefficient (Wildman–Crippen LogP) is 3.43. The minimum atomic E-state index is -0.585. The fraction of sp³-hybridized carbons (Fsp3) is 0.280. The highest BCUT2D eigenvalue weighted by molar-refractivity contribution is 7.07. The molecule has 31 heavy (non-hydrogen) atoms. The van der Waals surface area contributed by atoms with Gasteiger partial charge in [0.05, 0.1) is 0 Å². The highest BCUT2D eigenvalue weighted by Gasteiger charge is 2.29. The third kappa shape index (κ3) is 5.81. The second kappa shape index (κ2) is 10.4. The van der Waals surface area contributed by atoms with Crippen molar-refractivity contribution in [1.29, 1.82) is 0 Å². The van der Waals surface area contributed by atoms with Crippen molar-refractivity contribution >= 4 is 23.2 Å². The molecule has 2 amide bonds. The van der Waals surface area contributed by atoms with Gasteiger partial charge in [-0.3, -0.25) is 14.5 Å². The van der Waals surface area contributed by atoms with Gasteiger partial charge in [0.2, 0.25) is 5.91 Å². The number of carbonyl (C=O) groups is 2. The van der Waals surface area contributed by atoms with Crippen LogP contribution in [0, 0.1) is 0 Å². The Morgan fingerprint density at radius 2 is 1.55 bits per heavy atom. The summed E-state index contributed by atoms with van der Waals surface area (Å²) in [5, 5.41) is 7.25. The first-order valence-corrected chi connectivity index (χ1v) is 11.6. The van der Waals surface area contributed by atoms with E-state index in [-0.39, 0.29) is 11.8 Å². The summed E-state index contributed by atoms with van der Waals surface area (Å²) in [4.78, 5) is 30.4. The molecule has 1 fully saturated rings. The maximum atomic E-state index is 13.4. The van der Waals surface area contributed by atoms with Gasteiger partial charge in [-0.25, -0.2) is 0 Å². The van der Waals surface area contributed by atoms with E-state index in [0.29, 0.717) is 25.1 Å². The molecule has 2 aromatic carbocycles. The lowest BCUT2D eigenvalue weighted by atomic mass is 10.0. The molecule has 0 unspecified atom stereocenters. The number of benzene rings is 2. The standard InChI is InChI=1S/C25H27N3O2S/c29-24(22-9-5-2-6-10-22)26-23(17-20-7-3-1-4-8-20)25(30)28-14-12-27(13-15-28)18-21-11-16-31-19-21/h1-11,16,19,23H,12-15,17-18H2,(H,26,29)/t23-/m0/s1. The predicted molar refractivity (Wildman–Crippen MR) is 124 cm³/mol. The van der Waals surface area contributed by atoms with Crippen molar-refractivity contribution in [2.75, 3.05) is 26.2 Å². The van der Waals surface area contributed by atoms with Gasteiger partial charge < -0.3 is 10.2 Å². The number of rotatable bonds is 7. The van der Waals surface area contributed by atoms with Gasteiger partial charge in [-0.15, -0.1) is 0 Å². The van der Waals surface area contributed by atoms with Crippen LogP contribution in [0.15, 0.2) is 77.5 Å². The highest BCUT2D eigenvalue weighted by Crippen LogP contribution is 2.14. The molecule has 0 bridgehead atoms. The summed E-state index contributed by atoms with van der Waals surface area (Å²) in [6, 6.07) is 20.5. The number of nitrogens with one attached hydrogen (secondary N) is 1. The summed E-state index contributed by atoms with van der Waals surface area (Å²) in [6.45, 7) is 3.95. The van der Waals surface area contributed by atoms with Gasteiger partial charge in [0.1, 0.15) is 6.04 Å². The van der Waals surface area contributed by atoms with Crippen LogP contribution in [0.4, 0.5) is 0 Å². The van der Waals surface area contributed by atoms with Gasteiger partial charge in [0.15, 0.2) is 0 Å². The molecule has 1 aromatic heterocycles. The number of hydrogen-bond donors (Lipinski definition) is 1. The van der Waals surface area contributed by atoms with Crippen molar-refractivity contribution in [1.82, 2.24) is 15.1 Å². The molecule has 5 nitrogen and oxygen atoms in total. The Balaban J connectivity index is 1.41. The van der Waals surface area contributed by atoms with E-state index in [2.05, 4.69) is 27.0 Å². The van der Waals surface area contributed by atoms with Crippen molar-refractivity contribution in [3.8, 4) is 0 Å². The van der Waals surface area contributed by atoms with E-state index in [1.807, 2.05) is 53.4 Å². The third-order valence-electron chi connectivity index (χ3n) is 5.59. The second-order valence-electron chi connectivity index (χ2n) is 7.81. The molecule has 1 atom stereocenters. The van der Waals surface area contributed by atoms with Gasteiger partial charge in [-0.05, 0) is 40.1 Å². The Bertz CT molecular complexity index is 969. The minimum Gasteiger partial charge on any atom is -0.340 e. The summed E-state index contributed by atoms with van der Waals surface area (Å²) < 4.78 is 0. The summed E-state index contributed by atoms with van der Waals surface area (Å²) in [5.41, 5.74) is 2.92. The summed E-state index contributed by atoms with van der Waals surface area (Å²) in [5.74, 6) is -0.228. The molecule has 6 heteroatoms. The van der Waals surface area contributed by atoms with Crippen LogP contribution < -0.4 is 5.32 Å². The van der Waals surface area contributed by atoms with Gasteiger partial charge in [0, 0.05) is 44.7 Å². The summed E-state index contributed by atoms with van der Waals surface area (Å²) in [6.07, 6.45) is 0.480. The molecule has 1 saturated heterocycles. The molecule has 0 saturated carbocycles. The topological polar surface area (TPSA) is 52.7 Å². The fourth-order valence-electron chi connectivity index (χ4n) is 3.87. The molecule has 0 aliphatic carbocycles. The quantitative estimate of drug-likeness (QED) is 0.621. The molecule has 4 rings (SSSR count). The minimum absolute atomic E-state index is 0.0108. The normalized spacial score (nSPS) is 15.4. The number of thiophene rings is 1. The molecule has 0 radical (unpaired) electrons. The third-order valence-corrected chi connectivity index (χ3v) is 6.32. The van der Waals surface area contributed by atoms with Crippen LogP contribution in [-0.2, 0) is 17.8 Å². The Hall–Kier alpha value is -2.96. The monoisotopic (exact) mass is 433 g/mol. The fourth-order valence-corrected chi connectivity index (χ4v) is 4.53. The van der Waals surface area contributed by atoms with Gasteiger partial charge in [-0.2, -0.15) is 11.3 Å². The first-order chi connectivity index (χ1) is 15.2. The average Bonchev–Trinajstić information content (AvgIpc) is 3.33. The van der Waals surface area contributed by atoms with Crippen molar-refractivity contribution in [2.45, 2.75) is 19.0 Å². The first-order valence-electron chi connectivity index (χ1n) is 10.6.